The Labute approximate surface area is 163 Å². The maximum Gasteiger partial charge on any atom is 0.169 e. The van der Waals surface area contributed by atoms with Gasteiger partial charge < -0.3 is 4.57 Å². The van der Waals surface area contributed by atoms with Gasteiger partial charge in [0.15, 0.2) is 11.4 Å². The van der Waals surface area contributed by atoms with E-state index in [4.69, 9.17) is 11.6 Å². The third-order valence-electron chi connectivity index (χ3n) is 4.34. The Morgan fingerprint density at radius 2 is 1.93 bits per heavy atom. The number of hydrogen-bond donors (Lipinski definition) is 0. The molecule has 0 saturated heterocycles. The highest BCUT2D eigenvalue weighted by molar-refractivity contribution is 6.31. The van der Waals surface area contributed by atoms with Crippen LogP contribution in [0.5, 0.6) is 0 Å². The van der Waals surface area contributed by atoms with E-state index in [1.54, 1.807) is 6.07 Å². The number of benzene rings is 2. The van der Waals surface area contributed by atoms with Gasteiger partial charge in [0, 0.05) is 13.0 Å². The van der Waals surface area contributed by atoms with Crippen LogP contribution in [0.25, 0.3) is 11.1 Å². The predicted octanol–water partition coefficient (Wildman–Crippen LogP) is 5.05. The van der Waals surface area contributed by atoms with E-state index in [2.05, 4.69) is 11.1 Å². The number of carbonyl (C=O) groups is 1. The Morgan fingerprint density at radius 3 is 2.59 bits per heavy atom. The second kappa shape index (κ2) is 8.48. The van der Waals surface area contributed by atoms with Crippen molar-refractivity contribution in [1.29, 1.82) is 5.26 Å². The third kappa shape index (κ3) is 3.99. The SMILES string of the molecule is C/C=C/Cc1nc(Cl)c(C=O)n1Cc1ccc(-c2ccccc2C#N)cc1. The van der Waals surface area contributed by atoms with Crippen LogP contribution in [0.15, 0.2) is 60.7 Å². The van der Waals surface area contributed by atoms with Gasteiger partial charge in [0.05, 0.1) is 11.6 Å². The number of allylic oxidation sites excluding steroid dienone is 2. The van der Waals surface area contributed by atoms with E-state index < -0.39 is 0 Å². The molecule has 134 valence electrons. The van der Waals surface area contributed by atoms with Crippen LogP contribution in [0.1, 0.15) is 34.4 Å². The summed E-state index contributed by atoms with van der Waals surface area (Å²) in [5.41, 5.74) is 3.93. The van der Waals surface area contributed by atoms with Crippen molar-refractivity contribution in [3.05, 3.63) is 88.5 Å². The maximum absolute atomic E-state index is 11.4. The first kappa shape index (κ1) is 18.6. The zero-order chi connectivity index (χ0) is 19.2. The molecule has 0 spiro atoms. The van der Waals surface area contributed by atoms with Crippen LogP contribution in [0.4, 0.5) is 0 Å². The summed E-state index contributed by atoms with van der Waals surface area (Å²) in [6.45, 7) is 2.44. The molecule has 0 N–H and O–H groups in total. The van der Waals surface area contributed by atoms with Gasteiger partial charge in [-0.05, 0) is 29.7 Å². The standard InChI is InChI=1S/C22H18ClN3O/c1-2-3-8-21-25-22(23)20(15-27)26(21)14-16-9-11-17(12-10-16)19-7-5-4-6-18(19)13-24/h2-7,9-12,15H,8,14H2,1H3/b3-2+. The molecule has 0 radical (unpaired) electrons. The fourth-order valence-corrected chi connectivity index (χ4v) is 3.20. The Balaban J connectivity index is 1.91. The summed E-state index contributed by atoms with van der Waals surface area (Å²) in [7, 11) is 0. The van der Waals surface area contributed by atoms with E-state index in [0.717, 1.165) is 28.8 Å². The molecule has 0 atom stereocenters. The summed E-state index contributed by atoms with van der Waals surface area (Å²) in [6.07, 6.45) is 5.27. The van der Waals surface area contributed by atoms with Crippen molar-refractivity contribution in [1.82, 2.24) is 9.55 Å². The lowest BCUT2D eigenvalue weighted by molar-refractivity contribution is 0.111. The van der Waals surface area contributed by atoms with Gasteiger partial charge in [-0.1, -0.05) is 66.2 Å². The van der Waals surface area contributed by atoms with Gasteiger partial charge in [-0.3, -0.25) is 4.79 Å². The molecule has 5 heteroatoms. The van der Waals surface area contributed by atoms with Gasteiger partial charge in [-0.15, -0.1) is 0 Å². The quantitative estimate of drug-likeness (QED) is 0.447. The number of nitrogens with zero attached hydrogens (tertiary/aromatic N) is 3. The van der Waals surface area contributed by atoms with Crippen molar-refractivity contribution in [3.63, 3.8) is 0 Å². The van der Waals surface area contributed by atoms with Gasteiger partial charge in [-0.2, -0.15) is 5.26 Å². The van der Waals surface area contributed by atoms with E-state index >= 15 is 0 Å². The zero-order valence-corrected chi connectivity index (χ0v) is 15.6. The molecule has 1 heterocycles. The maximum atomic E-state index is 11.4. The smallest absolute Gasteiger partial charge is 0.169 e. The lowest BCUT2D eigenvalue weighted by Crippen LogP contribution is -2.08. The Bertz CT molecular complexity index is 1030. The summed E-state index contributed by atoms with van der Waals surface area (Å²) in [4.78, 5) is 15.8. The van der Waals surface area contributed by atoms with Gasteiger partial charge >= 0.3 is 0 Å². The number of nitriles is 1. The minimum Gasteiger partial charge on any atom is -0.320 e. The van der Waals surface area contributed by atoms with Gasteiger partial charge in [0.25, 0.3) is 0 Å². The Kier molecular flexibility index (Phi) is 5.85. The third-order valence-corrected chi connectivity index (χ3v) is 4.62. The molecule has 1 aromatic heterocycles. The fraction of sp³-hybridized carbons (Fsp3) is 0.136. The predicted molar refractivity (Wildman–Crippen MR) is 107 cm³/mol. The molecule has 0 amide bonds. The molecule has 27 heavy (non-hydrogen) atoms. The first-order valence-electron chi connectivity index (χ1n) is 8.57. The van der Waals surface area contributed by atoms with Crippen molar-refractivity contribution in [2.24, 2.45) is 0 Å². The first-order chi connectivity index (χ1) is 13.2. The summed E-state index contributed by atoms with van der Waals surface area (Å²) in [6, 6.07) is 17.7. The molecule has 2 aromatic carbocycles. The molecule has 0 bridgehead atoms. The number of hydrogen-bond acceptors (Lipinski definition) is 3. The number of imidazole rings is 1. The van der Waals surface area contributed by atoms with E-state index in [9.17, 15) is 10.1 Å². The number of halogens is 1. The minimum absolute atomic E-state index is 0.226. The van der Waals surface area contributed by atoms with Gasteiger partial charge in [-0.25, -0.2) is 4.98 Å². The summed E-state index contributed by atoms with van der Waals surface area (Å²) >= 11 is 6.12. The normalized spacial score (nSPS) is 10.9. The second-order valence-corrected chi connectivity index (χ2v) is 6.39. The number of rotatable bonds is 6. The molecule has 4 nitrogen and oxygen atoms in total. The van der Waals surface area contributed by atoms with Crippen molar-refractivity contribution in [3.8, 4) is 17.2 Å². The van der Waals surface area contributed by atoms with Crippen LogP contribution >= 0.6 is 11.6 Å². The highest BCUT2D eigenvalue weighted by Crippen LogP contribution is 2.24. The molecule has 0 saturated carbocycles. The fourth-order valence-electron chi connectivity index (χ4n) is 2.95. The van der Waals surface area contributed by atoms with E-state index in [1.807, 2.05) is 66.1 Å². The van der Waals surface area contributed by atoms with Crippen molar-refractivity contribution < 1.29 is 4.79 Å². The summed E-state index contributed by atoms with van der Waals surface area (Å²) in [5, 5.41) is 9.51. The molecule has 0 aliphatic heterocycles. The van der Waals surface area contributed by atoms with Crippen molar-refractivity contribution in [2.75, 3.05) is 0 Å². The monoisotopic (exact) mass is 375 g/mol. The van der Waals surface area contributed by atoms with Crippen LogP contribution in [-0.4, -0.2) is 15.8 Å². The average Bonchev–Trinajstić information content (AvgIpc) is 3.01. The first-order valence-corrected chi connectivity index (χ1v) is 8.95. The lowest BCUT2D eigenvalue weighted by Gasteiger charge is -2.10. The van der Waals surface area contributed by atoms with Crippen LogP contribution in [0.3, 0.4) is 0 Å². The summed E-state index contributed by atoms with van der Waals surface area (Å²) < 4.78 is 1.84. The lowest BCUT2D eigenvalue weighted by atomic mass is 9.99. The molecule has 0 aliphatic rings. The molecule has 0 fully saturated rings. The average molecular weight is 376 g/mol. The summed E-state index contributed by atoms with van der Waals surface area (Å²) in [5.74, 6) is 0.749. The second-order valence-electron chi connectivity index (χ2n) is 6.04. The Hall–Kier alpha value is -3.16. The van der Waals surface area contributed by atoms with Gasteiger partial charge in [0.1, 0.15) is 11.5 Å². The number of carbonyl (C=O) groups excluding carboxylic acids is 1. The van der Waals surface area contributed by atoms with E-state index in [-0.39, 0.29) is 5.15 Å². The molecule has 0 aliphatic carbocycles. The Morgan fingerprint density at radius 1 is 1.19 bits per heavy atom. The molecule has 3 aromatic rings. The zero-order valence-electron chi connectivity index (χ0n) is 14.9. The van der Waals surface area contributed by atoms with E-state index in [0.29, 0.717) is 24.2 Å². The minimum atomic E-state index is 0.226. The van der Waals surface area contributed by atoms with E-state index in [1.165, 1.54) is 0 Å². The van der Waals surface area contributed by atoms with Crippen LogP contribution < -0.4 is 0 Å². The number of aromatic nitrogens is 2. The largest absolute Gasteiger partial charge is 0.320 e. The van der Waals surface area contributed by atoms with Crippen LogP contribution in [0.2, 0.25) is 5.15 Å². The molecule has 0 unspecified atom stereocenters. The highest BCUT2D eigenvalue weighted by Gasteiger charge is 2.15. The highest BCUT2D eigenvalue weighted by atomic mass is 35.5. The van der Waals surface area contributed by atoms with Crippen molar-refractivity contribution >= 4 is 17.9 Å². The molecular formula is C22H18ClN3O. The topological polar surface area (TPSA) is 58.7 Å². The van der Waals surface area contributed by atoms with Crippen LogP contribution in [-0.2, 0) is 13.0 Å². The molecule has 3 rings (SSSR count). The van der Waals surface area contributed by atoms with Crippen LogP contribution in [0, 0.1) is 11.3 Å². The number of aldehydes is 1. The molecular weight excluding hydrogens is 358 g/mol. The van der Waals surface area contributed by atoms with Gasteiger partial charge in [0.2, 0.25) is 0 Å². The van der Waals surface area contributed by atoms with Crippen molar-refractivity contribution in [2.45, 2.75) is 19.9 Å².